The number of aliphatic hydroxyl groups excluding tert-OH is 2. The number of aliphatic hydroxyl groups is 2. The molecule has 128 valence electrons. The van der Waals surface area contributed by atoms with Gasteiger partial charge in [-0.3, -0.25) is 0 Å². The minimum Gasteiger partial charge on any atom is -0.472 e. The van der Waals surface area contributed by atoms with Gasteiger partial charge in [0.15, 0.2) is 0 Å². The van der Waals surface area contributed by atoms with Crippen LogP contribution in [0.15, 0.2) is 34.7 Å². The maximum Gasteiger partial charge on any atom is 0.0934 e. The number of hydrogen-bond donors (Lipinski definition) is 2. The van der Waals surface area contributed by atoms with Crippen LogP contribution >= 0.6 is 0 Å². The molecule has 2 aliphatic carbocycles. The van der Waals surface area contributed by atoms with Gasteiger partial charge in [-0.2, -0.15) is 0 Å². The number of rotatable bonds is 4. The lowest BCUT2D eigenvalue weighted by Crippen LogP contribution is -2.57. The maximum absolute atomic E-state index is 10.9. The zero-order valence-corrected chi connectivity index (χ0v) is 14.6. The Kier molecular flexibility index (Phi) is 4.45. The van der Waals surface area contributed by atoms with Crippen LogP contribution in [0.4, 0.5) is 0 Å². The molecule has 0 aromatic carbocycles. The Morgan fingerprint density at radius 1 is 1.35 bits per heavy atom. The van der Waals surface area contributed by atoms with Crippen molar-refractivity contribution in [3.05, 3.63) is 35.8 Å². The van der Waals surface area contributed by atoms with Gasteiger partial charge in [-0.1, -0.05) is 26.8 Å². The first-order valence-corrected chi connectivity index (χ1v) is 8.92. The van der Waals surface area contributed by atoms with Crippen molar-refractivity contribution >= 4 is 0 Å². The van der Waals surface area contributed by atoms with E-state index in [4.69, 9.17) is 4.42 Å². The van der Waals surface area contributed by atoms with Crippen molar-refractivity contribution in [1.82, 2.24) is 0 Å². The summed E-state index contributed by atoms with van der Waals surface area (Å²) in [5, 5.41) is 20.7. The first kappa shape index (κ1) is 16.8. The molecule has 5 atom stereocenters. The second kappa shape index (κ2) is 6.10. The molecule has 0 amide bonds. The normalized spacial score (nSPS) is 40.6. The Bertz CT molecular complexity index is 561. The lowest BCUT2D eigenvalue weighted by molar-refractivity contribution is -0.127. The average molecular weight is 318 g/mol. The van der Waals surface area contributed by atoms with Gasteiger partial charge in [0.25, 0.3) is 0 Å². The van der Waals surface area contributed by atoms with Gasteiger partial charge in [-0.25, -0.2) is 0 Å². The fourth-order valence-electron chi connectivity index (χ4n) is 5.33. The number of aryl methyl sites for hydroxylation is 1. The summed E-state index contributed by atoms with van der Waals surface area (Å²) in [6, 6.07) is 2.05. The van der Waals surface area contributed by atoms with E-state index in [9.17, 15) is 10.2 Å². The molecule has 3 rings (SSSR count). The van der Waals surface area contributed by atoms with E-state index in [1.54, 1.807) is 6.26 Å². The van der Waals surface area contributed by atoms with E-state index in [0.29, 0.717) is 11.8 Å². The standard InChI is InChI=1S/C20H30O3/c1-14-11-18(22)20(3)16(12-21)5-4-6-17(20)19(14,2)9-7-15-8-10-23-13-15/h5,8,10,13-14,17-18,21-22H,4,6-7,9,11-12H2,1-3H3/t14-,17-,18+,19+,20+/m1/s1. The molecule has 2 aliphatic rings. The van der Waals surface area contributed by atoms with E-state index in [0.717, 1.165) is 37.7 Å². The highest BCUT2D eigenvalue weighted by molar-refractivity contribution is 5.25. The van der Waals surface area contributed by atoms with Crippen molar-refractivity contribution in [3.8, 4) is 0 Å². The SMILES string of the molecule is C[C@@H]1C[C@H](O)[C@@]2(C)C(CO)=CCC[C@@H]2[C@@]1(C)CCc1ccoc1. The number of allylic oxidation sites excluding steroid dienone is 1. The molecule has 1 heterocycles. The molecule has 1 saturated carbocycles. The van der Waals surface area contributed by atoms with Crippen LogP contribution in [0.2, 0.25) is 0 Å². The average Bonchev–Trinajstić information content (AvgIpc) is 3.05. The van der Waals surface area contributed by atoms with Gasteiger partial charge in [0.2, 0.25) is 0 Å². The Morgan fingerprint density at radius 3 is 2.78 bits per heavy atom. The molecule has 0 aliphatic heterocycles. The van der Waals surface area contributed by atoms with Crippen LogP contribution in [0.3, 0.4) is 0 Å². The molecule has 2 N–H and O–H groups in total. The minimum atomic E-state index is -0.358. The molecule has 23 heavy (non-hydrogen) atoms. The molecule has 1 aromatic heterocycles. The molecule has 1 aromatic rings. The van der Waals surface area contributed by atoms with Crippen molar-refractivity contribution in [2.75, 3.05) is 6.61 Å². The van der Waals surface area contributed by atoms with E-state index in [1.807, 2.05) is 12.3 Å². The van der Waals surface area contributed by atoms with Crippen LogP contribution in [0, 0.1) is 22.7 Å². The topological polar surface area (TPSA) is 53.6 Å². The van der Waals surface area contributed by atoms with Gasteiger partial charge in [-0.15, -0.1) is 0 Å². The van der Waals surface area contributed by atoms with Crippen LogP contribution in [-0.2, 0) is 6.42 Å². The van der Waals surface area contributed by atoms with E-state index in [1.165, 1.54) is 5.56 Å². The molecule has 0 unspecified atom stereocenters. The highest BCUT2D eigenvalue weighted by Gasteiger charge is 2.57. The fourth-order valence-corrected chi connectivity index (χ4v) is 5.33. The van der Waals surface area contributed by atoms with Crippen molar-refractivity contribution in [3.63, 3.8) is 0 Å². The Labute approximate surface area is 139 Å². The summed E-state index contributed by atoms with van der Waals surface area (Å²) >= 11 is 0. The zero-order chi connectivity index (χ0) is 16.7. The third-order valence-corrected chi connectivity index (χ3v) is 7.16. The molecule has 3 nitrogen and oxygen atoms in total. The molecular weight excluding hydrogens is 288 g/mol. The largest absolute Gasteiger partial charge is 0.472 e. The fraction of sp³-hybridized carbons (Fsp3) is 0.700. The van der Waals surface area contributed by atoms with Gasteiger partial charge in [0, 0.05) is 5.41 Å². The highest BCUT2D eigenvalue weighted by Crippen LogP contribution is 2.61. The number of fused-ring (bicyclic) bond motifs is 1. The van der Waals surface area contributed by atoms with Crippen LogP contribution in [-0.4, -0.2) is 22.9 Å². The Hall–Kier alpha value is -1.06. The van der Waals surface area contributed by atoms with Crippen LogP contribution in [0.1, 0.15) is 52.0 Å². The van der Waals surface area contributed by atoms with E-state index in [-0.39, 0.29) is 23.5 Å². The molecule has 3 heteroatoms. The van der Waals surface area contributed by atoms with Crippen molar-refractivity contribution in [2.24, 2.45) is 22.7 Å². The lowest BCUT2D eigenvalue weighted by Gasteiger charge is -2.60. The Balaban J connectivity index is 1.91. The summed E-state index contributed by atoms with van der Waals surface area (Å²) in [7, 11) is 0. The molecule has 0 spiro atoms. The van der Waals surface area contributed by atoms with Gasteiger partial charge in [0.1, 0.15) is 0 Å². The Morgan fingerprint density at radius 2 is 2.13 bits per heavy atom. The first-order chi connectivity index (χ1) is 10.9. The monoisotopic (exact) mass is 318 g/mol. The maximum atomic E-state index is 10.9. The zero-order valence-electron chi connectivity index (χ0n) is 14.6. The highest BCUT2D eigenvalue weighted by atomic mass is 16.3. The summed E-state index contributed by atoms with van der Waals surface area (Å²) in [5.41, 5.74) is 2.17. The third-order valence-electron chi connectivity index (χ3n) is 7.16. The summed E-state index contributed by atoms with van der Waals surface area (Å²) in [6.07, 6.45) is 10.4. The summed E-state index contributed by atoms with van der Waals surface area (Å²) in [6.45, 7) is 6.92. The van der Waals surface area contributed by atoms with Crippen molar-refractivity contribution < 1.29 is 14.6 Å². The third kappa shape index (κ3) is 2.58. The second-order valence-electron chi connectivity index (χ2n) is 8.09. The quantitative estimate of drug-likeness (QED) is 0.826. The van der Waals surface area contributed by atoms with Gasteiger partial charge >= 0.3 is 0 Å². The predicted octanol–water partition coefficient (Wildman–Crippen LogP) is 3.95. The molecule has 0 saturated heterocycles. The minimum absolute atomic E-state index is 0.0657. The van der Waals surface area contributed by atoms with Crippen LogP contribution in [0.5, 0.6) is 0 Å². The lowest BCUT2D eigenvalue weighted by atomic mass is 9.46. The summed E-state index contributed by atoms with van der Waals surface area (Å²) in [4.78, 5) is 0. The number of hydrogen-bond acceptors (Lipinski definition) is 3. The van der Waals surface area contributed by atoms with E-state index >= 15 is 0 Å². The molecule has 1 fully saturated rings. The molecule has 0 bridgehead atoms. The smallest absolute Gasteiger partial charge is 0.0934 e. The van der Waals surface area contributed by atoms with Crippen molar-refractivity contribution in [1.29, 1.82) is 0 Å². The molecular formula is C20H30O3. The van der Waals surface area contributed by atoms with Gasteiger partial charge < -0.3 is 14.6 Å². The number of furan rings is 1. The summed E-state index contributed by atoms with van der Waals surface area (Å²) in [5.74, 6) is 0.883. The first-order valence-electron chi connectivity index (χ1n) is 8.92. The predicted molar refractivity (Wildman–Crippen MR) is 90.9 cm³/mol. The van der Waals surface area contributed by atoms with Gasteiger partial charge in [-0.05, 0) is 66.6 Å². The van der Waals surface area contributed by atoms with Crippen LogP contribution < -0.4 is 0 Å². The van der Waals surface area contributed by atoms with Gasteiger partial charge in [0.05, 0.1) is 25.2 Å². The molecule has 0 radical (unpaired) electrons. The van der Waals surface area contributed by atoms with E-state index in [2.05, 4.69) is 26.8 Å². The van der Waals surface area contributed by atoms with Crippen molar-refractivity contribution in [2.45, 2.75) is 59.0 Å². The van der Waals surface area contributed by atoms with E-state index < -0.39 is 0 Å². The summed E-state index contributed by atoms with van der Waals surface area (Å²) < 4.78 is 5.21. The second-order valence-corrected chi connectivity index (χ2v) is 8.09. The van der Waals surface area contributed by atoms with Crippen LogP contribution in [0.25, 0.3) is 0 Å².